The number of hydrogen-bond donors (Lipinski definition) is 0. The Labute approximate surface area is 133 Å². The van der Waals surface area contributed by atoms with Crippen LogP contribution in [0.5, 0.6) is 0 Å². The van der Waals surface area contributed by atoms with Crippen LogP contribution in [0, 0.1) is 0 Å². The van der Waals surface area contributed by atoms with Gasteiger partial charge in [0.15, 0.2) is 0 Å². The van der Waals surface area contributed by atoms with Gasteiger partial charge in [0.2, 0.25) is 5.91 Å². The number of cyclic esters (lactones) is 1. The molecule has 0 radical (unpaired) electrons. The monoisotopic (exact) mass is 315 g/mol. The van der Waals surface area contributed by atoms with Gasteiger partial charge in [0, 0.05) is 6.42 Å². The number of carbonyl (C=O) groups is 3. The summed E-state index contributed by atoms with van der Waals surface area (Å²) < 4.78 is 9.94. The topological polar surface area (TPSA) is 72.9 Å². The summed E-state index contributed by atoms with van der Waals surface area (Å²) in [6.45, 7) is 0.122. The number of esters is 2. The van der Waals surface area contributed by atoms with Crippen molar-refractivity contribution in [1.29, 1.82) is 0 Å². The first-order chi connectivity index (χ1) is 11.1. The lowest BCUT2D eigenvalue weighted by Crippen LogP contribution is -2.52. The quantitative estimate of drug-likeness (QED) is 0.784. The van der Waals surface area contributed by atoms with Crippen LogP contribution in [-0.4, -0.2) is 42.5 Å². The molecule has 3 rings (SSSR count). The smallest absolute Gasteiger partial charge is 0.355 e. The Hall–Kier alpha value is -2.63. The van der Waals surface area contributed by atoms with Crippen molar-refractivity contribution in [3.8, 4) is 0 Å². The van der Waals surface area contributed by atoms with E-state index in [4.69, 9.17) is 9.47 Å². The molecule has 1 aromatic carbocycles. The van der Waals surface area contributed by atoms with Crippen molar-refractivity contribution in [2.75, 3.05) is 13.7 Å². The Morgan fingerprint density at radius 2 is 2.00 bits per heavy atom. The summed E-state index contributed by atoms with van der Waals surface area (Å²) in [6, 6.07) is 9.34. The number of benzene rings is 1. The second-order valence-corrected chi connectivity index (χ2v) is 5.52. The van der Waals surface area contributed by atoms with Crippen LogP contribution in [0.2, 0.25) is 0 Å². The van der Waals surface area contributed by atoms with Crippen LogP contribution < -0.4 is 0 Å². The highest BCUT2D eigenvalue weighted by Crippen LogP contribution is 2.31. The van der Waals surface area contributed by atoms with E-state index in [-0.39, 0.29) is 42.7 Å². The van der Waals surface area contributed by atoms with E-state index in [1.165, 1.54) is 12.0 Å². The molecule has 6 nitrogen and oxygen atoms in total. The molecule has 6 heteroatoms. The van der Waals surface area contributed by atoms with Crippen molar-refractivity contribution < 1.29 is 23.9 Å². The lowest BCUT2D eigenvalue weighted by molar-refractivity contribution is -0.156. The Morgan fingerprint density at radius 1 is 1.26 bits per heavy atom. The predicted octanol–water partition coefficient (Wildman–Crippen LogP) is 1.20. The van der Waals surface area contributed by atoms with Crippen molar-refractivity contribution in [2.45, 2.75) is 25.3 Å². The Balaban J connectivity index is 1.97. The standard InChI is InChI=1S/C17H17NO5/c1-22-16(20)13-7-8-14(19)18-12(10-23-17(21)15(13)18)9-11-5-3-2-4-6-11/h2-6,12H,7-10H2,1H3/t12-/m0/s1. The molecule has 0 saturated carbocycles. The summed E-state index contributed by atoms with van der Waals surface area (Å²) in [5.41, 5.74) is 1.29. The Kier molecular flexibility index (Phi) is 4.14. The van der Waals surface area contributed by atoms with Gasteiger partial charge < -0.3 is 9.47 Å². The van der Waals surface area contributed by atoms with Crippen LogP contribution in [0.15, 0.2) is 41.6 Å². The number of hydrogen-bond acceptors (Lipinski definition) is 5. The van der Waals surface area contributed by atoms with Gasteiger partial charge in [0.25, 0.3) is 0 Å². The molecule has 0 aliphatic carbocycles. The molecule has 120 valence electrons. The molecule has 2 heterocycles. The van der Waals surface area contributed by atoms with Gasteiger partial charge in [0.1, 0.15) is 12.3 Å². The molecule has 1 atom stereocenters. The average Bonchev–Trinajstić information content (AvgIpc) is 2.58. The lowest BCUT2D eigenvalue weighted by atomic mass is 9.95. The maximum atomic E-state index is 12.4. The zero-order valence-electron chi connectivity index (χ0n) is 12.8. The second-order valence-electron chi connectivity index (χ2n) is 5.52. The summed E-state index contributed by atoms with van der Waals surface area (Å²) in [7, 11) is 1.26. The summed E-state index contributed by atoms with van der Waals surface area (Å²) in [4.78, 5) is 37.8. The van der Waals surface area contributed by atoms with Gasteiger partial charge in [-0.15, -0.1) is 0 Å². The fraction of sp³-hybridized carbons (Fsp3) is 0.353. The minimum atomic E-state index is -0.636. The van der Waals surface area contributed by atoms with Crippen LogP contribution in [0.1, 0.15) is 18.4 Å². The van der Waals surface area contributed by atoms with Crippen molar-refractivity contribution in [2.24, 2.45) is 0 Å². The van der Waals surface area contributed by atoms with Gasteiger partial charge in [-0.05, 0) is 18.4 Å². The van der Waals surface area contributed by atoms with E-state index < -0.39 is 11.9 Å². The minimum absolute atomic E-state index is 0.0419. The highest BCUT2D eigenvalue weighted by atomic mass is 16.5. The van der Waals surface area contributed by atoms with Crippen LogP contribution >= 0.6 is 0 Å². The average molecular weight is 315 g/mol. The number of rotatable bonds is 3. The first-order valence-corrected chi connectivity index (χ1v) is 7.46. The van der Waals surface area contributed by atoms with Crippen molar-refractivity contribution in [3.05, 3.63) is 47.2 Å². The number of methoxy groups -OCH3 is 1. The van der Waals surface area contributed by atoms with Crippen molar-refractivity contribution in [3.63, 3.8) is 0 Å². The molecular weight excluding hydrogens is 298 g/mol. The van der Waals surface area contributed by atoms with E-state index in [0.717, 1.165) is 5.56 Å². The molecule has 0 N–H and O–H groups in total. The number of nitrogens with zero attached hydrogens (tertiary/aromatic N) is 1. The molecule has 0 aromatic heterocycles. The zero-order valence-corrected chi connectivity index (χ0v) is 12.8. The highest BCUT2D eigenvalue weighted by Gasteiger charge is 2.42. The SMILES string of the molecule is COC(=O)C1=C2C(=O)OC[C@H](Cc3ccccc3)N2C(=O)CC1. The summed E-state index contributed by atoms with van der Waals surface area (Å²) >= 11 is 0. The largest absolute Gasteiger partial charge is 0.466 e. The van der Waals surface area contributed by atoms with Gasteiger partial charge in [0.05, 0.1) is 18.7 Å². The normalized spacial score (nSPS) is 20.9. The molecule has 0 spiro atoms. The van der Waals surface area contributed by atoms with E-state index in [9.17, 15) is 14.4 Å². The Morgan fingerprint density at radius 3 is 2.70 bits per heavy atom. The third-order valence-electron chi connectivity index (χ3n) is 4.10. The predicted molar refractivity (Wildman–Crippen MR) is 80.0 cm³/mol. The zero-order chi connectivity index (χ0) is 16.4. The molecule has 2 aliphatic rings. The van der Waals surface area contributed by atoms with Crippen LogP contribution in [0.25, 0.3) is 0 Å². The lowest BCUT2D eigenvalue weighted by Gasteiger charge is -2.39. The van der Waals surface area contributed by atoms with E-state index in [2.05, 4.69) is 0 Å². The van der Waals surface area contributed by atoms with E-state index >= 15 is 0 Å². The number of ether oxygens (including phenoxy) is 2. The molecular formula is C17H17NO5. The maximum absolute atomic E-state index is 12.4. The van der Waals surface area contributed by atoms with Crippen molar-refractivity contribution >= 4 is 17.8 Å². The van der Waals surface area contributed by atoms with E-state index in [1.807, 2.05) is 30.3 Å². The molecule has 1 amide bonds. The first-order valence-electron chi connectivity index (χ1n) is 7.46. The third-order valence-corrected chi connectivity index (χ3v) is 4.10. The number of amides is 1. The number of morpholine rings is 1. The van der Waals surface area contributed by atoms with Crippen LogP contribution in [-0.2, 0) is 30.3 Å². The first kappa shape index (κ1) is 15.3. The molecule has 2 aliphatic heterocycles. The van der Waals surface area contributed by atoms with E-state index in [1.54, 1.807) is 0 Å². The van der Waals surface area contributed by atoms with Crippen molar-refractivity contribution in [1.82, 2.24) is 4.90 Å². The van der Waals surface area contributed by atoms with Crippen LogP contribution in [0.4, 0.5) is 0 Å². The minimum Gasteiger partial charge on any atom is -0.466 e. The van der Waals surface area contributed by atoms with Gasteiger partial charge in [-0.2, -0.15) is 0 Å². The number of carbonyl (C=O) groups excluding carboxylic acids is 3. The van der Waals surface area contributed by atoms with E-state index in [0.29, 0.717) is 6.42 Å². The summed E-state index contributed by atoms with van der Waals surface area (Å²) in [5, 5.41) is 0. The molecule has 0 bridgehead atoms. The van der Waals surface area contributed by atoms with Gasteiger partial charge in [-0.1, -0.05) is 30.3 Å². The molecule has 0 unspecified atom stereocenters. The molecule has 1 saturated heterocycles. The third kappa shape index (κ3) is 2.84. The molecule has 23 heavy (non-hydrogen) atoms. The number of fused-ring (bicyclic) bond motifs is 1. The maximum Gasteiger partial charge on any atom is 0.355 e. The molecule has 1 fully saturated rings. The van der Waals surface area contributed by atoms with Gasteiger partial charge in [-0.3, -0.25) is 9.69 Å². The Bertz CT molecular complexity index is 679. The van der Waals surface area contributed by atoms with Gasteiger partial charge in [-0.25, -0.2) is 9.59 Å². The fourth-order valence-corrected chi connectivity index (χ4v) is 3.02. The summed E-state index contributed by atoms with van der Waals surface area (Å²) in [6.07, 6.45) is 0.939. The second kappa shape index (κ2) is 6.24. The highest BCUT2D eigenvalue weighted by molar-refractivity contribution is 6.05. The molecule has 1 aromatic rings. The van der Waals surface area contributed by atoms with Gasteiger partial charge >= 0.3 is 11.9 Å². The summed E-state index contributed by atoms with van der Waals surface area (Å²) in [5.74, 6) is -1.39. The van der Waals surface area contributed by atoms with Crippen LogP contribution in [0.3, 0.4) is 0 Å². The fourth-order valence-electron chi connectivity index (χ4n) is 3.02.